The van der Waals surface area contributed by atoms with Crippen molar-refractivity contribution in [3.8, 4) is 23.6 Å². The number of hydrogen-bond acceptors (Lipinski definition) is 7. The van der Waals surface area contributed by atoms with Crippen molar-refractivity contribution >= 4 is 0 Å². The average Bonchev–Trinajstić information content (AvgIpc) is 2.87. The molecule has 0 spiro atoms. The molecule has 2 aromatic rings. The van der Waals surface area contributed by atoms with E-state index in [1.807, 2.05) is 0 Å². The van der Waals surface area contributed by atoms with Gasteiger partial charge in [-0.25, -0.2) is 0 Å². The van der Waals surface area contributed by atoms with Gasteiger partial charge in [-0.2, -0.15) is 10.5 Å². The summed E-state index contributed by atoms with van der Waals surface area (Å²) in [6.07, 6.45) is -0.833. The van der Waals surface area contributed by atoms with Gasteiger partial charge in [0, 0.05) is 32.5 Å². The average molecular weight is 799 g/mol. The van der Waals surface area contributed by atoms with Gasteiger partial charge in [-0.05, 0) is 75.8 Å². The summed E-state index contributed by atoms with van der Waals surface area (Å²) < 4.78 is 0. The molecule has 0 saturated heterocycles. The molecular weight excluding hydrogens is 726 g/mol. The summed E-state index contributed by atoms with van der Waals surface area (Å²) in [6, 6.07) is 11.9. The van der Waals surface area contributed by atoms with Crippen LogP contribution < -0.4 is 20.4 Å². The SMILES string of the molecule is CC#N.CC#N.CC(C)(C)c1cc(CN(Cc2cc(C(C)(C)C)cc(C(C)(C)C)c2[O-])C(C)(C)C)c([O-])c(C(C)(C)C)c1.CC(C)[O-].CC(C)[O-].[Zr+4]. The number of hydrogen-bond donors (Lipinski definition) is 0. The van der Waals surface area contributed by atoms with Crippen LogP contribution >= 0.6 is 0 Å². The van der Waals surface area contributed by atoms with Crippen LogP contribution in [0.3, 0.4) is 0 Å². The molecule has 2 rings (SSSR count). The Balaban J connectivity index is -0.000000658. The van der Waals surface area contributed by atoms with Crippen molar-refractivity contribution in [3.05, 3.63) is 57.6 Å². The largest absolute Gasteiger partial charge is 4.00 e. The fraction of sp³-hybridized carbons (Fsp3) is 0.682. The Labute approximate surface area is 339 Å². The third-order valence-electron chi connectivity index (χ3n) is 7.35. The monoisotopic (exact) mass is 797 g/mol. The van der Waals surface area contributed by atoms with E-state index in [0.717, 1.165) is 22.3 Å². The van der Waals surface area contributed by atoms with Crippen molar-refractivity contribution in [2.45, 2.75) is 198 Å². The van der Waals surface area contributed by atoms with E-state index in [0.29, 0.717) is 13.1 Å². The summed E-state index contributed by atoms with van der Waals surface area (Å²) in [7, 11) is 0. The van der Waals surface area contributed by atoms with Crippen molar-refractivity contribution in [1.29, 1.82) is 10.5 Å². The van der Waals surface area contributed by atoms with E-state index in [-0.39, 0.29) is 64.9 Å². The first kappa shape index (κ1) is 56.5. The molecule has 0 saturated carbocycles. The molecular formula is C44H73N3O4Zr. The maximum absolute atomic E-state index is 13.8. The van der Waals surface area contributed by atoms with Crippen LogP contribution in [0.4, 0.5) is 0 Å². The van der Waals surface area contributed by atoms with Crippen LogP contribution in [0.15, 0.2) is 24.3 Å². The van der Waals surface area contributed by atoms with Crippen LogP contribution in [0, 0.1) is 22.7 Å². The first-order valence-corrected chi connectivity index (χ1v) is 18.0. The maximum atomic E-state index is 13.8. The third-order valence-corrected chi connectivity index (χ3v) is 7.35. The minimum absolute atomic E-state index is 0. The van der Waals surface area contributed by atoms with Gasteiger partial charge in [-0.1, -0.05) is 135 Å². The molecule has 0 heterocycles. The molecule has 0 atom stereocenters. The molecule has 292 valence electrons. The smallest absolute Gasteiger partial charge is 0.872 e. The number of benzene rings is 2. The third kappa shape index (κ3) is 22.8. The molecule has 0 N–H and O–H groups in total. The molecule has 0 aliphatic heterocycles. The van der Waals surface area contributed by atoms with Gasteiger partial charge in [0.15, 0.2) is 0 Å². The molecule has 52 heavy (non-hydrogen) atoms. The van der Waals surface area contributed by atoms with E-state index >= 15 is 0 Å². The van der Waals surface area contributed by atoms with Crippen LogP contribution in [0.5, 0.6) is 11.5 Å². The Morgan fingerprint density at radius 1 is 0.538 bits per heavy atom. The second-order valence-corrected chi connectivity index (χ2v) is 18.6. The van der Waals surface area contributed by atoms with Crippen LogP contribution in [0.2, 0.25) is 0 Å². The van der Waals surface area contributed by atoms with Gasteiger partial charge >= 0.3 is 26.2 Å². The van der Waals surface area contributed by atoms with Gasteiger partial charge in [-0.3, -0.25) is 4.90 Å². The van der Waals surface area contributed by atoms with Crippen LogP contribution in [0.1, 0.15) is 179 Å². The zero-order valence-electron chi connectivity index (χ0n) is 36.9. The van der Waals surface area contributed by atoms with Crippen molar-refractivity contribution in [2.24, 2.45) is 0 Å². The van der Waals surface area contributed by atoms with E-state index < -0.39 is 12.2 Å². The number of nitriles is 2. The van der Waals surface area contributed by atoms with Crippen molar-refractivity contribution < 1.29 is 46.6 Å². The second-order valence-electron chi connectivity index (χ2n) is 18.6. The summed E-state index contributed by atoms with van der Waals surface area (Å²) in [6.45, 7) is 42.6. The Morgan fingerprint density at radius 3 is 0.904 bits per heavy atom. The molecule has 0 aliphatic carbocycles. The number of rotatable bonds is 4. The van der Waals surface area contributed by atoms with E-state index in [2.05, 4.69) is 133 Å². The molecule has 0 aromatic heterocycles. The zero-order chi connectivity index (χ0) is 41.5. The minimum Gasteiger partial charge on any atom is -0.872 e. The topological polar surface area (TPSA) is 143 Å². The van der Waals surface area contributed by atoms with Gasteiger partial charge in [-0.15, -0.1) is 23.7 Å². The summed E-state index contributed by atoms with van der Waals surface area (Å²) in [5.74, 6) is 0.242. The van der Waals surface area contributed by atoms with Gasteiger partial charge in [0.05, 0.1) is 12.1 Å². The normalized spacial score (nSPS) is 11.6. The quantitative estimate of drug-likeness (QED) is 0.302. The molecule has 0 amide bonds. The van der Waals surface area contributed by atoms with Gasteiger partial charge < -0.3 is 20.4 Å². The maximum Gasteiger partial charge on any atom is 4.00 e. The molecule has 0 fully saturated rings. The summed E-state index contributed by atoms with van der Waals surface area (Å²) in [4.78, 5) is 2.29. The molecule has 2 aromatic carbocycles. The van der Waals surface area contributed by atoms with Gasteiger partial charge in [0.25, 0.3) is 0 Å². The van der Waals surface area contributed by atoms with Crippen molar-refractivity contribution in [2.75, 3.05) is 0 Å². The van der Waals surface area contributed by atoms with Gasteiger partial charge in [0.1, 0.15) is 0 Å². The van der Waals surface area contributed by atoms with Gasteiger partial charge in [0.2, 0.25) is 0 Å². The van der Waals surface area contributed by atoms with Crippen LogP contribution in [0.25, 0.3) is 0 Å². The predicted molar refractivity (Wildman–Crippen MR) is 208 cm³/mol. The fourth-order valence-electron chi connectivity index (χ4n) is 4.53. The minimum atomic E-state index is -0.417. The molecule has 0 unspecified atom stereocenters. The Morgan fingerprint density at radius 2 is 0.750 bits per heavy atom. The Hall–Kier alpha value is -2.22. The Bertz CT molecular complexity index is 1290. The zero-order valence-corrected chi connectivity index (χ0v) is 39.3. The summed E-state index contributed by atoms with van der Waals surface area (Å²) in [5, 5.41) is 61.2. The van der Waals surface area contributed by atoms with Crippen molar-refractivity contribution in [3.63, 3.8) is 0 Å². The summed E-state index contributed by atoms with van der Waals surface area (Å²) >= 11 is 0. The van der Waals surface area contributed by atoms with Crippen LogP contribution in [-0.4, -0.2) is 22.6 Å². The van der Waals surface area contributed by atoms with Crippen molar-refractivity contribution in [1.82, 2.24) is 4.90 Å². The standard InChI is InChI=1S/C34H55NO2.2C3H7O.2C2H3N.Zr/c1-30(2,3)24-16-22(28(36)26(18-24)32(7,8)9)20-35(34(13,14)15)21-23-17-25(31(4,5)6)19-27(29(23)37)33(10,11)12;2*1-3(2)4;2*1-2-3;/h16-19,36-37H,20-21H2,1-15H3;2*3H,1-2H3;2*1H3;/q;2*-1;;;+4/p-2. The first-order chi connectivity index (χ1) is 22.6. The molecule has 0 radical (unpaired) electrons. The second kappa shape index (κ2) is 23.5. The number of nitrogens with zero attached hydrogens (tertiary/aromatic N) is 3. The van der Waals surface area contributed by atoms with E-state index in [9.17, 15) is 20.4 Å². The molecule has 7 nitrogen and oxygen atoms in total. The first-order valence-electron chi connectivity index (χ1n) is 18.0. The summed E-state index contributed by atoms with van der Waals surface area (Å²) in [5.41, 5.74) is 4.82. The Kier molecular flexibility index (Phi) is 25.6. The van der Waals surface area contributed by atoms with E-state index in [4.69, 9.17) is 10.5 Å². The molecule has 0 bridgehead atoms. The van der Waals surface area contributed by atoms with E-state index in [1.165, 1.54) is 25.0 Å². The molecule has 0 aliphatic rings. The molecule has 8 heteroatoms. The predicted octanol–water partition coefficient (Wildman–Crippen LogP) is 8.39. The fourth-order valence-corrected chi connectivity index (χ4v) is 4.53. The van der Waals surface area contributed by atoms with E-state index in [1.54, 1.807) is 39.8 Å². The van der Waals surface area contributed by atoms with Crippen LogP contribution in [-0.2, 0) is 61.0 Å².